The largest absolute Gasteiger partial charge is 0.493 e. The monoisotopic (exact) mass is 973 g/mol. The zero-order valence-electron chi connectivity index (χ0n) is 43.1. The number of ether oxygens (including phenoxy) is 4. The van der Waals surface area contributed by atoms with Crippen LogP contribution in [0.15, 0.2) is 121 Å². The summed E-state index contributed by atoms with van der Waals surface area (Å²) in [7, 11) is 0. The highest BCUT2D eigenvalue weighted by Gasteiger charge is 2.24. The molecule has 0 fully saturated rings. The van der Waals surface area contributed by atoms with Gasteiger partial charge in [0.15, 0.2) is 0 Å². The molecule has 4 N–H and O–H groups in total. The average Bonchev–Trinajstić information content (AvgIpc) is 3.38. The Morgan fingerprint density at radius 2 is 0.708 bits per heavy atom. The summed E-state index contributed by atoms with van der Waals surface area (Å²) in [4.78, 5) is 27.4. The van der Waals surface area contributed by atoms with Crippen LogP contribution in [0.2, 0.25) is 0 Å². The van der Waals surface area contributed by atoms with Crippen LogP contribution in [0.5, 0.6) is 23.0 Å². The Balaban J connectivity index is 1.38. The molecule has 0 aliphatic heterocycles. The van der Waals surface area contributed by atoms with Gasteiger partial charge in [0.1, 0.15) is 23.0 Å². The highest BCUT2D eigenvalue weighted by molar-refractivity contribution is 5.90. The van der Waals surface area contributed by atoms with Gasteiger partial charge in [-0.25, -0.2) is 9.59 Å². The molecule has 0 aromatic heterocycles. The van der Waals surface area contributed by atoms with Crippen molar-refractivity contribution in [2.24, 2.45) is 0 Å². The van der Waals surface area contributed by atoms with E-state index in [0.717, 1.165) is 143 Å². The third-order valence-corrected chi connectivity index (χ3v) is 12.9. The maximum absolute atomic E-state index is 13.7. The summed E-state index contributed by atoms with van der Waals surface area (Å²) in [6.07, 6.45) is 12.2. The lowest BCUT2D eigenvalue weighted by atomic mass is 9.90. The molecular formula is C62H76N4O6. The van der Waals surface area contributed by atoms with Crippen LogP contribution in [-0.4, -0.2) is 38.5 Å². The van der Waals surface area contributed by atoms with Crippen LogP contribution in [0, 0.1) is 0 Å². The number of rotatable bonds is 24. The van der Waals surface area contributed by atoms with E-state index in [1.54, 1.807) is 0 Å². The molecule has 0 saturated heterocycles. The number of para-hydroxylation sites is 2. The Morgan fingerprint density at radius 1 is 0.375 bits per heavy atom. The maximum atomic E-state index is 13.7. The van der Waals surface area contributed by atoms with Gasteiger partial charge in [0, 0.05) is 72.4 Å². The summed E-state index contributed by atoms with van der Waals surface area (Å²) in [6.45, 7) is 11.7. The summed E-state index contributed by atoms with van der Waals surface area (Å²) in [5.41, 5.74) is 11.2. The highest BCUT2D eigenvalue weighted by atomic mass is 16.5. The zero-order valence-corrected chi connectivity index (χ0v) is 43.1. The third kappa shape index (κ3) is 15.5. The van der Waals surface area contributed by atoms with Crippen molar-refractivity contribution in [1.82, 2.24) is 10.6 Å². The lowest BCUT2D eigenvalue weighted by Gasteiger charge is -2.24. The van der Waals surface area contributed by atoms with Crippen molar-refractivity contribution < 1.29 is 28.5 Å². The van der Waals surface area contributed by atoms with E-state index in [1.165, 1.54) is 0 Å². The first-order valence-electron chi connectivity index (χ1n) is 26.6. The summed E-state index contributed by atoms with van der Waals surface area (Å²) in [5.74, 6) is 3.27. The Kier molecular flexibility index (Phi) is 20.7. The van der Waals surface area contributed by atoms with Crippen LogP contribution < -0.4 is 40.2 Å². The second kappa shape index (κ2) is 28.2. The topological polar surface area (TPSA) is 119 Å². The Morgan fingerprint density at radius 3 is 1.04 bits per heavy atom. The van der Waals surface area contributed by atoms with E-state index < -0.39 is 0 Å². The minimum atomic E-state index is -0.291. The van der Waals surface area contributed by atoms with Gasteiger partial charge >= 0.3 is 12.1 Å². The standard InChI is InChI=1S/C62H76N4O6/c1-5-9-11-19-33-71-59-51-35-47-27-21-29-49(57(47)69-31-7-3)37-53-41-56(66-62(68)64-44-46-25-17-14-18-26-46)42-54(60(53)72-34-20-12-10-6-2)38-50-30-22-28-48(58(50)70-32-8-4)36-52(59)40-55(39-51)65-61(67)63-43-45-23-15-13-16-24-45/h13-18,21-30,39-42H,5-12,19-20,31-38,43-44H2,1-4H3,(H2,63,65,67)(H2,64,66,68). The van der Waals surface area contributed by atoms with E-state index in [4.69, 9.17) is 18.9 Å². The molecule has 10 heteroatoms. The van der Waals surface area contributed by atoms with Crippen molar-refractivity contribution in [1.29, 1.82) is 0 Å². The third-order valence-electron chi connectivity index (χ3n) is 12.9. The second-order valence-corrected chi connectivity index (χ2v) is 18.9. The molecule has 8 bridgehead atoms. The molecule has 7 rings (SSSR count). The van der Waals surface area contributed by atoms with Gasteiger partial charge in [-0.15, -0.1) is 0 Å². The fraction of sp³-hybridized carbons (Fsp3) is 0.387. The Hall–Kier alpha value is -6.94. The minimum Gasteiger partial charge on any atom is -0.493 e. The molecule has 0 radical (unpaired) electrons. The molecule has 0 atom stereocenters. The first-order valence-corrected chi connectivity index (χ1v) is 26.6. The lowest BCUT2D eigenvalue weighted by molar-refractivity contribution is 0.251. The number of fused-ring (bicyclic) bond motifs is 8. The molecular weight excluding hydrogens is 897 g/mol. The SMILES string of the molecule is CCCCCCOc1c2cc(NC(=O)NCc3ccccc3)cc1Cc1cccc(c1OCCC)Cc1cc(NC(=O)NCc3ccccc3)cc(c1OCCCCCC)Cc1cccc(c1OCCC)C2. The minimum absolute atomic E-state index is 0.291. The number of anilines is 2. The van der Waals surface area contributed by atoms with E-state index in [-0.39, 0.29) is 12.1 Å². The lowest BCUT2D eigenvalue weighted by Crippen LogP contribution is -2.28. The van der Waals surface area contributed by atoms with Gasteiger partial charge in [-0.2, -0.15) is 0 Å². The summed E-state index contributed by atoms with van der Waals surface area (Å²) in [5, 5.41) is 12.5. The van der Waals surface area contributed by atoms with Crippen LogP contribution in [0.25, 0.3) is 0 Å². The van der Waals surface area contributed by atoms with E-state index in [1.807, 2.05) is 60.7 Å². The number of nitrogens with one attached hydrogen (secondary N) is 4. The average molecular weight is 973 g/mol. The van der Waals surface area contributed by atoms with Crippen LogP contribution in [0.3, 0.4) is 0 Å². The van der Waals surface area contributed by atoms with Crippen LogP contribution in [0.4, 0.5) is 21.0 Å². The molecule has 0 heterocycles. The van der Waals surface area contributed by atoms with Gasteiger partial charge in [-0.1, -0.05) is 163 Å². The fourth-order valence-corrected chi connectivity index (χ4v) is 9.29. The van der Waals surface area contributed by atoms with Gasteiger partial charge in [0.2, 0.25) is 0 Å². The molecule has 0 spiro atoms. The summed E-state index contributed by atoms with van der Waals surface area (Å²) < 4.78 is 27.5. The van der Waals surface area contributed by atoms with Crippen molar-refractivity contribution in [2.75, 3.05) is 37.1 Å². The van der Waals surface area contributed by atoms with Crippen LogP contribution >= 0.6 is 0 Å². The van der Waals surface area contributed by atoms with Gasteiger partial charge in [-0.05, 0) is 83.3 Å². The van der Waals surface area contributed by atoms with E-state index in [9.17, 15) is 9.59 Å². The quantitative estimate of drug-likeness (QED) is 0.0448. The molecule has 1 aliphatic rings. The fourth-order valence-electron chi connectivity index (χ4n) is 9.29. The van der Waals surface area contributed by atoms with Crippen molar-refractivity contribution in [3.63, 3.8) is 0 Å². The van der Waals surface area contributed by atoms with Crippen LogP contribution in [0.1, 0.15) is 148 Å². The zero-order chi connectivity index (χ0) is 50.3. The normalized spacial score (nSPS) is 11.8. The number of carbonyl (C=O) groups is 2. The number of hydrogen-bond acceptors (Lipinski definition) is 6. The predicted octanol–water partition coefficient (Wildman–Crippen LogP) is 14.5. The van der Waals surface area contributed by atoms with Crippen molar-refractivity contribution >= 4 is 23.4 Å². The first-order chi connectivity index (χ1) is 35.3. The predicted molar refractivity (Wildman–Crippen MR) is 292 cm³/mol. The maximum Gasteiger partial charge on any atom is 0.319 e. The molecule has 1 aliphatic carbocycles. The summed E-state index contributed by atoms with van der Waals surface area (Å²) >= 11 is 0. The highest BCUT2D eigenvalue weighted by Crippen LogP contribution is 2.41. The molecule has 6 aromatic carbocycles. The van der Waals surface area contributed by atoms with E-state index >= 15 is 0 Å². The van der Waals surface area contributed by atoms with E-state index in [0.29, 0.717) is 76.6 Å². The Bertz CT molecular complexity index is 2380. The van der Waals surface area contributed by atoms with Gasteiger partial charge in [0.25, 0.3) is 0 Å². The second-order valence-electron chi connectivity index (χ2n) is 18.9. The van der Waals surface area contributed by atoms with E-state index in [2.05, 4.69) is 110 Å². The molecule has 6 aromatic rings. The number of urea groups is 2. The molecule has 72 heavy (non-hydrogen) atoms. The molecule has 0 unspecified atom stereocenters. The van der Waals surface area contributed by atoms with Gasteiger partial charge < -0.3 is 40.2 Å². The Labute approximate surface area is 428 Å². The number of unbranched alkanes of at least 4 members (excludes halogenated alkanes) is 6. The number of hydrogen-bond donors (Lipinski definition) is 4. The molecule has 4 amide bonds. The molecule has 10 nitrogen and oxygen atoms in total. The summed E-state index contributed by atoms with van der Waals surface area (Å²) in [6, 6.07) is 40.3. The molecule has 380 valence electrons. The number of benzene rings is 6. The first kappa shape index (κ1) is 52.9. The van der Waals surface area contributed by atoms with Crippen molar-refractivity contribution in [3.05, 3.63) is 177 Å². The number of amides is 4. The smallest absolute Gasteiger partial charge is 0.319 e. The van der Waals surface area contributed by atoms with Crippen molar-refractivity contribution in [2.45, 2.75) is 131 Å². The van der Waals surface area contributed by atoms with Gasteiger partial charge in [-0.3, -0.25) is 0 Å². The van der Waals surface area contributed by atoms with Crippen molar-refractivity contribution in [3.8, 4) is 23.0 Å². The number of carbonyl (C=O) groups excluding carboxylic acids is 2. The van der Waals surface area contributed by atoms with Gasteiger partial charge in [0.05, 0.1) is 26.4 Å². The van der Waals surface area contributed by atoms with Crippen LogP contribution in [-0.2, 0) is 38.8 Å². The molecule has 0 saturated carbocycles.